The summed E-state index contributed by atoms with van der Waals surface area (Å²) in [5, 5.41) is 13.3. The zero-order valence-electron chi connectivity index (χ0n) is 17.3. The number of allylic oxidation sites excluding steroid dienone is 2. The van der Waals surface area contributed by atoms with E-state index in [1.54, 1.807) is 11.3 Å². The van der Waals surface area contributed by atoms with Crippen LogP contribution in [0.2, 0.25) is 0 Å². The van der Waals surface area contributed by atoms with Gasteiger partial charge in [0.15, 0.2) is 0 Å². The molecule has 0 aliphatic carbocycles. The average molecular weight is 462 g/mol. The first-order valence-corrected chi connectivity index (χ1v) is 11.7. The van der Waals surface area contributed by atoms with E-state index in [-0.39, 0.29) is 0 Å². The molecule has 160 valence electrons. The van der Waals surface area contributed by atoms with Crippen molar-refractivity contribution in [1.29, 1.82) is 0 Å². The number of thiazole rings is 1. The lowest BCUT2D eigenvalue weighted by atomic mass is 9.99. The fraction of sp³-hybridized carbons (Fsp3) is 0.0800. The van der Waals surface area contributed by atoms with Gasteiger partial charge in [-0.3, -0.25) is 0 Å². The summed E-state index contributed by atoms with van der Waals surface area (Å²) in [5.41, 5.74) is 5.97. The summed E-state index contributed by atoms with van der Waals surface area (Å²) in [6.45, 7) is 0.832. The predicted molar refractivity (Wildman–Crippen MR) is 130 cm³/mol. The van der Waals surface area contributed by atoms with Crippen molar-refractivity contribution >= 4 is 50.9 Å². The van der Waals surface area contributed by atoms with Crippen LogP contribution >= 0.6 is 23.4 Å². The van der Waals surface area contributed by atoms with Gasteiger partial charge in [0.1, 0.15) is 11.7 Å². The van der Waals surface area contributed by atoms with E-state index in [9.17, 15) is 0 Å². The van der Waals surface area contributed by atoms with Gasteiger partial charge in [0, 0.05) is 41.0 Å². The second-order valence-corrected chi connectivity index (χ2v) is 9.24. The van der Waals surface area contributed by atoms with Gasteiger partial charge in [-0.2, -0.15) is 4.57 Å². The van der Waals surface area contributed by atoms with Crippen LogP contribution in [-0.2, 0) is 23.0 Å². The number of hydrogen-bond donors (Lipinski definition) is 1. The van der Waals surface area contributed by atoms with Crippen LogP contribution in [0.15, 0.2) is 90.0 Å². The highest BCUT2D eigenvalue weighted by atomic mass is 32.2. The van der Waals surface area contributed by atoms with Crippen LogP contribution in [0.4, 0.5) is 5.69 Å². The van der Waals surface area contributed by atoms with Gasteiger partial charge in [-0.15, -0.1) is 4.33 Å². The monoisotopic (exact) mass is 461 g/mol. The minimum Gasteiger partial charge on any atom is -0.343 e. The number of fused-ring (bicyclic) bond motifs is 2. The molecule has 5 rings (SSSR count). The first-order chi connectivity index (χ1) is 15.7. The predicted octanol–water partition coefficient (Wildman–Crippen LogP) is 6.23. The molecule has 0 bridgehead atoms. The fourth-order valence-corrected chi connectivity index (χ4v) is 5.34. The maximum Gasteiger partial charge on any atom is 0.263 e. The summed E-state index contributed by atoms with van der Waals surface area (Å²) in [4.78, 5) is 3.14. The summed E-state index contributed by atoms with van der Waals surface area (Å²) >= 11 is 2.70. The molecule has 7 heteroatoms. The van der Waals surface area contributed by atoms with Crippen molar-refractivity contribution in [3.8, 4) is 0 Å². The second kappa shape index (κ2) is 9.28. The molecule has 2 heterocycles. The zero-order chi connectivity index (χ0) is 21.9. The van der Waals surface area contributed by atoms with Crippen molar-refractivity contribution < 1.29 is 19.2 Å². The number of anilines is 1. The highest BCUT2D eigenvalue weighted by molar-refractivity contribution is 7.94. The molecule has 3 aromatic carbocycles. The molecule has 5 nitrogen and oxygen atoms in total. The summed E-state index contributed by atoms with van der Waals surface area (Å²) in [5.74, 6) is 0. The summed E-state index contributed by atoms with van der Waals surface area (Å²) in [6.07, 6.45) is 6.58. The minimum atomic E-state index is 0.832. The van der Waals surface area contributed by atoms with Gasteiger partial charge in [0.25, 0.3) is 5.01 Å². The summed E-state index contributed by atoms with van der Waals surface area (Å²) in [6, 6.07) is 25.1. The quantitative estimate of drug-likeness (QED) is 0.160. The van der Waals surface area contributed by atoms with E-state index in [1.165, 1.54) is 27.1 Å². The van der Waals surface area contributed by atoms with Crippen molar-refractivity contribution in [1.82, 2.24) is 0 Å². The number of aryl methyl sites for hydroxylation is 1. The Morgan fingerprint density at radius 2 is 1.88 bits per heavy atom. The smallest absolute Gasteiger partial charge is 0.263 e. The standard InChI is InChI=1S/C25H20N2O3S2/c1-26-23-16-20(32-30-29-28)11-12-24(23)31-25(26)15-19-13-14-27(17-18-7-3-2-4-8-18)22-10-6-5-9-21(19)22/h2-16H,17H2,1H3/p+1. The van der Waals surface area contributed by atoms with Crippen molar-refractivity contribution in [2.24, 2.45) is 7.05 Å². The van der Waals surface area contributed by atoms with Gasteiger partial charge in [-0.05, 0) is 35.4 Å². The first kappa shape index (κ1) is 20.9. The van der Waals surface area contributed by atoms with Crippen molar-refractivity contribution in [3.05, 3.63) is 101 Å². The van der Waals surface area contributed by atoms with Crippen LogP contribution in [0, 0.1) is 0 Å². The lowest BCUT2D eigenvalue weighted by molar-refractivity contribution is -0.642. The molecule has 0 unspecified atom stereocenters. The lowest BCUT2D eigenvalue weighted by Crippen LogP contribution is -2.29. The topological polar surface area (TPSA) is 45.8 Å². The van der Waals surface area contributed by atoms with Crippen LogP contribution < -0.4 is 9.47 Å². The Morgan fingerprint density at radius 1 is 1.06 bits per heavy atom. The van der Waals surface area contributed by atoms with E-state index in [1.807, 2.05) is 18.2 Å². The Kier molecular flexibility index (Phi) is 6.07. The third kappa shape index (κ3) is 4.21. The van der Waals surface area contributed by atoms with Crippen LogP contribution in [0.5, 0.6) is 0 Å². The number of nitrogens with zero attached hydrogens (tertiary/aromatic N) is 2. The molecule has 0 saturated carbocycles. The Hall–Kier alpha value is -2.94. The largest absolute Gasteiger partial charge is 0.343 e. The van der Waals surface area contributed by atoms with Gasteiger partial charge >= 0.3 is 0 Å². The van der Waals surface area contributed by atoms with E-state index in [0.29, 0.717) is 0 Å². The highest BCUT2D eigenvalue weighted by Gasteiger charge is 2.20. The van der Waals surface area contributed by atoms with E-state index < -0.39 is 0 Å². The molecule has 1 aromatic heterocycles. The maximum absolute atomic E-state index is 8.40. The van der Waals surface area contributed by atoms with E-state index >= 15 is 0 Å². The molecule has 0 atom stereocenters. The number of rotatable bonds is 6. The third-order valence-electron chi connectivity index (χ3n) is 5.43. The number of benzene rings is 3. The molecule has 32 heavy (non-hydrogen) atoms. The molecule has 0 saturated heterocycles. The van der Waals surface area contributed by atoms with Crippen molar-refractivity contribution in [3.63, 3.8) is 0 Å². The molecule has 1 aliphatic heterocycles. The lowest BCUT2D eigenvalue weighted by Gasteiger charge is -2.27. The minimum absolute atomic E-state index is 0.832. The molecule has 0 amide bonds. The van der Waals surface area contributed by atoms with Gasteiger partial charge < -0.3 is 4.90 Å². The summed E-state index contributed by atoms with van der Waals surface area (Å²) < 4.78 is 7.91. The van der Waals surface area contributed by atoms with Crippen LogP contribution in [-0.4, -0.2) is 5.26 Å². The van der Waals surface area contributed by atoms with Crippen LogP contribution in [0.25, 0.3) is 21.9 Å². The van der Waals surface area contributed by atoms with E-state index in [2.05, 4.69) is 98.8 Å². The molecular formula is C25H21N2O3S2+. The Labute approximate surface area is 194 Å². The Bertz CT molecular complexity index is 1320. The Balaban J connectivity index is 1.50. The molecular weight excluding hydrogens is 440 g/mol. The second-order valence-electron chi connectivity index (χ2n) is 7.40. The average Bonchev–Trinajstić information content (AvgIpc) is 3.14. The zero-order valence-corrected chi connectivity index (χ0v) is 19.0. The molecule has 4 aromatic rings. The SMILES string of the molecule is C[n+]1c(/C=C2\C=CN(Cc3ccccc3)c3ccccc32)sc2ccc(SOOO)cc21. The number of para-hydroxylation sites is 1. The van der Waals surface area contributed by atoms with Crippen molar-refractivity contribution in [2.75, 3.05) is 4.90 Å². The molecule has 0 fully saturated rings. The Morgan fingerprint density at radius 3 is 2.72 bits per heavy atom. The number of hydrogen-bond acceptors (Lipinski definition) is 6. The normalized spacial score (nSPS) is 14.3. The fourth-order valence-electron chi connectivity index (χ4n) is 3.86. The van der Waals surface area contributed by atoms with Crippen molar-refractivity contribution in [2.45, 2.75) is 11.4 Å². The molecule has 1 aliphatic rings. The van der Waals surface area contributed by atoms with Gasteiger partial charge in [-0.25, -0.2) is 5.26 Å². The maximum atomic E-state index is 8.40. The summed E-state index contributed by atoms with van der Waals surface area (Å²) in [7, 11) is 2.06. The molecule has 0 spiro atoms. The highest BCUT2D eigenvalue weighted by Crippen LogP contribution is 2.36. The number of aromatic nitrogens is 1. The van der Waals surface area contributed by atoms with E-state index in [0.717, 1.165) is 34.0 Å². The third-order valence-corrected chi connectivity index (χ3v) is 7.17. The van der Waals surface area contributed by atoms with Crippen LogP contribution in [0.3, 0.4) is 0 Å². The van der Waals surface area contributed by atoms with Gasteiger partial charge in [0.2, 0.25) is 5.52 Å². The first-order valence-electron chi connectivity index (χ1n) is 10.1. The molecule has 0 radical (unpaired) electrons. The molecule has 1 N–H and O–H groups in total. The van der Waals surface area contributed by atoms with Gasteiger partial charge in [-0.1, -0.05) is 64.9 Å². The van der Waals surface area contributed by atoms with Crippen LogP contribution in [0.1, 0.15) is 16.1 Å². The van der Waals surface area contributed by atoms with Gasteiger partial charge in [0.05, 0.1) is 12.0 Å². The van der Waals surface area contributed by atoms with E-state index in [4.69, 9.17) is 5.26 Å².